The second-order valence-corrected chi connectivity index (χ2v) is 15.0. The van der Waals surface area contributed by atoms with Gasteiger partial charge in [-0.15, -0.1) is 0 Å². The van der Waals surface area contributed by atoms with Crippen molar-refractivity contribution in [2.75, 3.05) is 6.61 Å². The Morgan fingerprint density at radius 1 is 0.744 bits per heavy atom. The lowest BCUT2D eigenvalue weighted by atomic mass is 9.65. The Balaban J connectivity index is 1.30. The van der Waals surface area contributed by atoms with Crippen molar-refractivity contribution in [3.8, 4) is 0 Å². The highest BCUT2D eigenvalue weighted by atomic mass is 28.4. The van der Waals surface area contributed by atoms with E-state index in [1.165, 1.54) is 34.8 Å². The summed E-state index contributed by atoms with van der Waals surface area (Å²) >= 11 is 0. The first kappa shape index (κ1) is 26.0. The average molecular weight is 529 g/mol. The molecule has 0 saturated heterocycles. The summed E-state index contributed by atoms with van der Waals surface area (Å²) in [6.45, 7) is 3.31. The van der Waals surface area contributed by atoms with Crippen LogP contribution in [0.2, 0.25) is 0 Å². The predicted molar refractivity (Wildman–Crippen MR) is 167 cm³/mol. The zero-order chi connectivity index (χ0) is 26.5. The van der Waals surface area contributed by atoms with Gasteiger partial charge in [0.05, 0.1) is 0 Å². The minimum absolute atomic E-state index is 0.176. The molecule has 0 aromatic heterocycles. The van der Waals surface area contributed by atoms with E-state index in [1.807, 2.05) is 0 Å². The van der Waals surface area contributed by atoms with Crippen LogP contribution < -0.4 is 15.6 Å². The molecule has 0 heterocycles. The molecule has 3 aromatic carbocycles. The highest BCUT2D eigenvalue weighted by Gasteiger charge is 2.45. The molecular formula is C37H40OSi. The predicted octanol–water partition coefficient (Wildman–Crippen LogP) is 7.26. The van der Waals surface area contributed by atoms with Gasteiger partial charge in [0.25, 0.3) is 8.32 Å². The molecule has 39 heavy (non-hydrogen) atoms. The minimum atomic E-state index is -2.66. The molecule has 0 bridgehead atoms. The van der Waals surface area contributed by atoms with E-state index in [0.29, 0.717) is 5.92 Å². The molecule has 2 heteroatoms. The Kier molecular flexibility index (Phi) is 7.68. The molecular weight excluding hydrogens is 488 g/mol. The van der Waals surface area contributed by atoms with Gasteiger partial charge in [0, 0.05) is 6.61 Å². The van der Waals surface area contributed by atoms with Crippen molar-refractivity contribution in [1.29, 1.82) is 0 Å². The summed E-state index contributed by atoms with van der Waals surface area (Å²) < 4.78 is 7.29. The molecule has 1 nitrogen and oxygen atoms in total. The molecule has 6 rings (SSSR count). The summed E-state index contributed by atoms with van der Waals surface area (Å²) in [5.74, 6) is 1.39. The van der Waals surface area contributed by atoms with Crippen LogP contribution in [-0.2, 0) is 4.43 Å². The first-order chi connectivity index (χ1) is 19.2. The molecule has 1 fully saturated rings. The molecule has 3 aliphatic carbocycles. The Morgan fingerprint density at radius 3 is 1.90 bits per heavy atom. The Bertz CT molecular complexity index is 1270. The number of allylic oxidation sites excluding steroid dienone is 8. The minimum Gasteiger partial charge on any atom is -0.404 e. The zero-order valence-corrected chi connectivity index (χ0v) is 24.1. The van der Waals surface area contributed by atoms with E-state index < -0.39 is 8.32 Å². The van der Waals surface area contributed by atoms with Crippen LogP contribution in [0.1, 0.15) is 45.4 Å². The Morgan fingerprint density at radius 2 is 1.33 bits per heavy atom. The number of benzene rings is 3. The molecule has 3 unspecified atom stereocenters. The SMILES string of the molecule is CC(CCCO[Si](c1ccccc1)(c1ccccc1)c1ccccc1)(C1=CC=CC1)C1CCC2CC=CC=C21. The Labute approximate surface area is 235 Å². The molecule has 0 spiro atoms. The van der Waals surface area contributed by atoms with Crippen LogP contribution in [0.15, 0.2) is 139 Å². The molecule has 0 amide bonds. The fraction of sp³-hybridized carbons (Fsp3) is 0.297. The number of fused-ring (bicyclic) bond motifs is 1. The second kappa shape index (κ2) is 11.5. The maximum atomic E-state index is 7.29. The third-order valence-electron chi connectivity index (χ3n) is 9.50. The first-order valence-corrected chi connectivity index (χ1v) is 16.7. The van der Waals surface area contributed by atoms with Crippen molar-refractivity contribution in [2.45, 2.75) is 45.4 Å². The standard InChI is InChI=1S/C37H40OSi/c1-37(31-17-12-13-18-31,36-27-26-30-16-11-14-25-35(30)36)28-15-29-38-39(32-19-5-2-6-20-32,33-21-7-3-8-22-33)34-23-9-4-10-24-34/h2-14,17,19-25,30,36H,15-16,18,26-29H2,1H3. The van der Waals surface area contributed by atoms with Gasteiger partial charge in [-0.05, 0) is 71.3 Å². The van der Waals surface area contributed by atoms with Crippen molar-refractivity contribution in [3.63, 3.8) is 0 Å². The van der Waals surface area contributed by atoms with Crippen LogP contribution in [-0.4, -0.2) is 14.9 Å². The van der Waals surface area contributed by atoms with Gasteiger partial charge >= 0.3 is 0 Å². The lowest BCUT2D eigenvalue weighted by molar-refractivity contribution is 0.217. The molecule has 3 aromatic rings. The van der Waals surface area contributed by atoms with Crippen LogP contribution in [0.4, 0.5) is 0 Å². The summed E-state index contributed by atoms with van der Waals surface area (Å²) in [4.78, 5) is 0. The van der Waals surface area contributed by atoms with Gasteiger partial charge in [0.15, 0.2) is 0 Å². The van der Waals surface area contributed by atoms with E-state index >= 15 is 0 Å². The zero-order valence-electron chi connectivity index (χ0n) is 23.1. The first-order valence-electron chi connectivity index (χ1n) is 14.7. The van der Waals surface area contributed by atoms with E-state index in [9.17, 15) is 0 Å². The summed E-state index contributed by atoms with van der Waals surface area (Å²) in [7, 11) is -2.66. The highest BCUT2D eigenvalue weighted by molar-refractivity contribution is 7.07. The maximum Gasteiger partial charge on any atom is 0.288 e. The summed E-state index contributed by atoms with van der Waals surface area (Å²) in [6, 6.07) is 32.9. The normalized spacial score (nSPS) is 21.8. The molecule has 3 atom stereocenters. The fourth-order valence-electron chi connectivity index (χ4n) is 7.46. The van der Waals surface area contributed by atoms with E-state index in [1.54, 1.807) is 11.1 Å². The van der Waals surface area contributed by atoms with Crippen molar-refractivity contribution < 1.29 is 4.43 Å². The van der Waals surface area contributed by atoms with Gasteiger partial charge in [-0.1, -0.05) is 146 Å². The molecule has 198 valence electrons. The third-order valence-corrected chi connectivity index (χ3v) is 13.6. The molecule has 0 radical (unpaired) electrons. The second-order valence-electron chi connectivity index (χ2n) is 11.6. The van der Waals surface area contributed by atoms with Gasteiger partial charge in [-0.3, -0.25) is 0 Å². The molecule has 1 saturated carbocycles. The summed E-state index contributed by atoms with van der Waals surface area (Å²) in [5, 5.41) is 3.93. The molecule has 0 aliphatic heterocycles. The van der Waals surface area contributed by atoms with Crippen LogP contribution in [0.3, 0.4) is 0 Å². The maximum absolute atomic E-state index is 7.29. The highest BCUT2D eigenvalue weighted by Crippen LogP contribution is 2.55. The largest absolute Gasteiger partial charge is 0.404 e. The van der Waals surface area contributed by atoms with Crippen molar-refractivity contribution in [1.82, 2.24) is 0 Å². The van der Waals surface area contributed by atoms with Crippen LogP contribution in [0.5, 0.6) is 0 Å². The fourth-order valence-corrected chi connectivity index (χ4v) is 11.4. The van der Waals surface area contributed by atoms with Gasteiger partial charge in [0.2, 0.25) is 0 Å². The average Bonchev–Trinajstić information content (AvgIpc) is 3.70. The van der Waals surface area contributed by atoms with Gasteiger partial charge < -0.3 is 4.43 Å². The topological polar surface area (TPSA) is 9.23 Å². The van der Waals surface area contributed by atoms with E-state index in [4.69, 9.17) is 4.43 Å². The summed E-state index contributed by atoms with van der Waals surface area (Å²) in [5.41, 5.74) is 3.49. The van der Waals surface area contributed by atoms with E-state index in [2.05, 4.69) is 134 Å². The third kappa shape index (κ3) is 4.97. The Hall–Kier alpha value is -3.20. The molecule has 3 aliphatic rings. The van der Waals surface area contributed by atoms with Crippen LogP contribution >= 0.6 is 0 Å². The number of hydrogen-bond acceptors (Lipinski definition) is 1. The van der Waals surface area contributed by atoms with Crippen molar-refractivity contribution in [3.05, 3.63) is 139 Å². The van der Waals surface area contributed by atoms with E-state index in [-0.39, 0.29) is 5.41 Å². The molecule has 0 N–H and O–H groups in total. The summed E-state index contributed by atoms with van der Waals surface area (Å²) in [6.07, 6.45) is 21.3. The van der Waals surface area contributed by atoms with Crippen molar-refractivity contribution in [2.24, 2.45) is 17.3 Å². The van der Waals surface area contributed by atoms with Gasteiger partial charge in [-0.2, -0.15) is 0 Å². The van der Waals surface area contributed by atoms with Crippen LogP contribution in [0.25, 0.3) is 0 Å². The lowest BCUT2D eigenvalue weighted by Crippen LogP contribution is -2.69. The monoisotopic (exact) mass is 528 g/mol. The van der Waals surface area contributed by atoms with Gasteiger partial charge in [0.1, 0.15) is 0 Å². The lowest BCUT2D eigenvalue weighted by Gasteiger charge is -2.40. The van der Waals surface area contributed by atoms with Crippen molar-refractivity contribution >= 4 is 23.9 Å². The van der Waals surface area contributed by atoms with Gasteiger partial charge in [-0.25, -0.2) is 0 Å². The van der Waals surface area contributed by atoms with Crippen LogP contribution in [0, 0.1) is 17.3 Å². The number of hydrogen-bond donors (Lipinski definition) is 0. The van der Waals surface area contributed by atoms with E-state index in [0.717, 1.165) is 31.8 Å². The quantitative estimate of drug-likeness (QED) is 0.153. The number of rotatable bonds is 10. The smallest absolute Gasteiger partial charge is 0.288 e.